The summed E-state index contributed by atoms with van der Waals surface area (Å²) in [5.41, 5.74) is 0. The normalized spacial score (nSPS) is 10.3. The number of thiol groups is 1. The molecule has 0 bridgehead atoms. The molecule has 0 aliphatic carbocycles. The van der Waals surface area contributed by atoms with Gasteiger partial charge >= 0.3 is 0 Å². The molecule has 0 saturated carbocycles. The lowest BCUT2D eigenvalue weighted by Crippen LogP contribution is -1.98. The molecule has 3 heteroatoms. The molecule has 1 rings (SSSR count). The molecule has 1 nitrogen and oxygen atoms in total. The monoisotopic (exact) mass is 242 g/mol. The average Bonchev–Trinajstić information content (AvgIpc) is 2.29. The molecule has 1 aromatic rings. The summed E-state index contributed by atoms with van der Waals surface area (Å²) in [6.45, 7) is 0.811. The van der Waals surface area contributed by atoms with E-state index in [4.69, 9.17) is 4.74 Å². The van der Waals surface area contributed by atoms with Gasteiger partial charge in [0, 0.05) is 4.90 Å². The summed E-state index contributed by atoms with van der Waals surface area (Å²) in [4.78, 5) is 1.21. The Balaban J connectivity index is 2.30. The van der Waals surface area contributed by atoms with Crippen molar-refractivity contribution >= 4 is 24.4 Å². The van der Waals surface area contributed by atoms with Crippen LogP contribution in [0.15, 0.2) is 29.2 Å². The third-order valence-corrected chi connectivity index (χ3v) is 3.22. The Hall–Kier alpha value is -0.280. The predicted octanol–water partition coefficient (Wildman–Crippen LogP) is 3.89. The van der Waals surface area contributed by atoms with Crippen LogP contribution in [0.3, 0.4) is 0 Å². The lowest BCUT2D eigenvalue weighted by atomic mass is 10.3. The van der Waals surface area contributed by atoms with Crippen LogP contribution in [-0.4, -0.2) is 18.6 Å². The van der Waals surface area contributed by atoms with Crippen molar-refractivity contribution in [1.82, 2.24) is 0 Å². The van der Waals surface area contributed by atoms with E-state index in [9.17, 15) is 0 Å². The Bertz CT molecular complexity index is 276. The van der Waals surface area contributed by atoms with Crippen LogP contribution in [0.1, 0.15) is 19.3 Å². The molecule has 0 N–H and O–H groups in total. The van der Waals surface area contributed by atoms with Crippen molar-refractivity contribution in [3.63, 3.8) is 0 Å². The summed E-state index contributed by atoms with van der Waals surface area (Å²) in [5.74, 6) is 1.98. The first kappa shape index (κ1) is 12.8. The fraction of sp³-hybridized carbons (Fsp3) is 0.500. The molecule has 0 spiro atoms. The van der Waals surface area contributed by atoms with Gasteiger partial charge in [0.05, 0.1) is 6.61 Å². The number of unbranched alkanes of at least 4 members (excludes halogenated alkanes) is 2. The minimum absolute atomic E-state index is 0.811. The Labute approximate surface area is 102 Å². The molecule has 0 aliphatic rings. The Kier molecular flexibility index (Phi) is 6.77. The fourth-order valence-electron chi connectivity index (χ4n) is 1.31. The molecule has 0 radical (unpaired) electrons. The van der Waals surface area contributed by atoms with Crippen molar-refractivity contribution < 1.29 is 4.74 Å². The van der Waals surface area contributed by atoms with Gasteiger partial charge < -0.3 is 4.74 Å². The van der Waals surface area contributed by atoms with Crippen molar-refractivity contribution in [2.24, 2.45) is 0 Å². The van der Waals surface area contributed by atoms with Gasteiger partial charge in [0.1, 0.15) is 5.75 Å². The maximum atomic E-state index is 5.73. The van der Waals surface area contributed by atoms with Gasteiger partial charge in [-0.15, -0.1) is 11.8 Å². The number of para-hydroxylation sites is 1. The van der Waals surface area contributed by atoms with Crippen LogP contribution in [-0.2, 0) is 0 Å². The van der Waals surface area contributed by atoms with Crippen LogP contribution in [0, 0.1) is 0 Å². The minimum atomic E-state index is 0.811. The van der Waals surface area contributed by atoms with Gasteiger partial charge in [-0.25, -0.2) is 0 Å². The molecule has 0 heterocycles. The second kappa shape index (κ2) is 7.94. The minimum Gasteiger partial charge on any atom is -0.492 e. The van der Waals surface area contributed by atoms with E-state index in [2.05, 4.69) is 25.0 Å². The fourth-order valence-corrected chi connectivity index (χ4v) is 2.08. The quantitative estimate of drug-likeness (QED) is 0.441. The maximum absolute atomic E-state index is 5.73. The van der Waals surface area contributed by atoms with Crippen LogP contribution in [0.2, 0.25) is 0 Å². The Morgan fingerprint density at radius 1 is 1.20 bits per heavy atom. The largest absolute Gasteiger partial charge is 0.492 e. The molecule has 0 aromatic heterocycles. The number of benzene rings is 1. The summed E-state index contributed by atoms with van der Waals surface area (Å²) < 4.78 is 5.73. The molecule has 0 atom stereocenters. The molecule has 0 aliphatic heterocycles. The van der Waals surface area contributed by atoms with E-state index in [1.165, 1.54) is 17.7 Å². The predicted molar refractivity (Wildman–Crippen MR) is 71.4 cm³/mol. The third kappa shape index (κ3) is 4.85. The number of hydrogen-bond acceptors (Lipinski definition) is 3. The topological polar surface area (TPSA) is 9.23 Å². The van der Waals surface area contributed by atoms with Gasteiger partial charge in [0.25, 0.3) is 0 Å². The SMILES string of the molecule is CSc1ccccc1OCCCCCS. The van der Waals surface area contributed by atoms with Crippen molar-refractivity contribution in [1.29, 1.82) is 0 Å². The maximum Gasteiger partial charge on any atom is 0.132 e. The van der Waals surface area contributed by atoms with Crippen LogP contribution in [0.5, 0.6) is 5.75 Å². The highest BCUT2D eigenvalue weighted by molar-refractivity contribution is 7.98. The van der Waals surface area contributed by atoms with E-state index < -0.39 is 0 Å². The first-order valence-electron chi connectivity index (χ1n) is 5.25. The summed E-state index contributed by atoms with van der Waals surface area (Å²) in [7, 11) is 0. The van der Waals surface area contributed by atoms with Crippen molar-refractivity contribution in [3.8, 4) is 5.75 Å². The molecule has 0 fully saturated rings. The Morgan fingerprint density at radius 2 is 2.00 bits per heavy atom. The molecular formula is C12H18OS2. The molecule has 0 amide bonds. The molecule has 84 valence electrons. The van der Waals surface area contributed by atoms with E-state index >= 15 is 0 Å². The van der Waals surface area contributed by atoms with Gasteiger partial charge in [-0.1, -0.05) is 12.1 Å². The lowest BCUT2D eigenvalue weighted by Gasteiger charge is -2.09. The molecule has 1 aromatic carbocycles. The van der Waals surface area contributed by atoms with Crippen molar-refractivity contribution in [2.75, 3.05) is 18.6 Å². The first-order chi connectivity index (χ1) is 7.38. The number of rotatable bonds is 7. The standard InChI is InChI=1S/C12H18OS2/c1-15-12-8-4-3-7-11(12)13-9-5-2-6-10-14/h3-4,7-8,14H,2,5-6,9-10H2,1H3. The Morgan fingerprint density at radius 3 is 2.73 bits per heavy atom. The highest BCUT2D eigenvalue weighted by Crippen LogP contribution is 2.26. The summed E-state index contributed by atoms with van der Waals surface area (Å²) >= 11 is 5.91. The van der Waals surface area contributed by atoms with E-state index in [0.29, 0.717) is 0 Å². The zero-order valence-electron chi connectivity index (χ0n) is 9.11. The highest BCUT2D eigenvalue weighted by Gasteiger charge is 2.00. The zero-order valence-corrected chi connectivity index (χ0v) is 10.8. The highest BCUT2D eigenvalue weighted by atomic mass is 32.2. The summed E-state index contributed by atoms with van der Waals surface area (Å²) in [6, 6.07) is 8.18. The van der Waals surface area contributed by atoms with Gasteiger partial charge in [0.15, 0.2) is 0 Å². The van der Waals surface area contributed by atoms with E-state index in [1.54, 1.807) is 11.8 Å². The van der Waals surface area contributed by atoms with Gasteiger partial charge in [-0.05, 0) is 43.4 Å². The van der Waals surface area contributed by atoms with Crippen molar-refractivity contribution in [2.45, 2.75) is 24.2 Å². The van der Waals surface area contributed by atoms with E-state index in [1.807, 2.05) is 18.2 Å². The smallest absolute Gasteiger partial charge is 0.132 e. The van der Waals surface area contributed by atoms with Crippen molar-refractivity contribution in [3.05, 3.63) is 24.3 Å². The molecular weight excluding hydrogens is 224 g/mol. The molecule has 15 heavy (non-hydrogen) atoms. The summed E-state index contributed by atoms with van der Waals surface area (Å²) in [6.07, 6.45) is 5.56. The molecule has 0 saturated heterocycles. The molecule has 0 unspecified atom stereocenters. The number of thioether (sulfide) groups is 1. The van der Waals surface area contributed by atoms with Gasteiger partial charge in [-0.2, -0.15) is 12.6 Å². The van der Waals surface area contributed by atoms with Crippen LogP contribution < -0.4 is 4.74 Å². The second-order valence-electron chi connectivity index (χ2n) is 3.28. The third-order valence-electron chi connectivity index (χ3n) is 2.13. The average molecular weight is 242 g/mol. The van der Waals surface area contributed by atoms with Crippen LogP contribution >= 0.6 is 24.4 Å². The van der Waals surface area contributed by atoms with Crippen LogP contribution in [0.4, 0.5) is 0 Å². The zero-order chi connectivity index (χ0) is 10.9. The van der Waals surface area contributed by atoms with Gasteiger partial charge in [-0.3, -0.25) is 0 Å². The van der Waals surface area contributed by atoms with E-state index in [-0.39, 0.29) is 0 Å². The second-order valence-corrected chi connectivity index (χ2v) is 4.58. The van der Waals surface area contributed by atoms with Gasteiger partial charge in [0.2, 0.25) is 0 Å². The number of ether oxygens (including phenoxy) is 1. The summed E-state index contributed by atoms with van der Waals surface area (Å²) in [5, 5.41) is 0. The number of hydrogen-bond donors (Lipinski definition) is 1. The first-order valence-corrected chi connectivity index (χ1v) is 7.11. The van der Waals surface area contributed by atoms with Crippen LogP contribution in [0.25, 0.3) is 0 Å². The van der Waals surface area contributed by atoms with E-state index in [0.717, 1.165) is 24.5 Å². The lowest BCUT2D eigenvalue weighted by molar-refractivity contribution is 0.300.